The topological polar surface area (TPSA) is 237 Å². The molecule has 0 saturated heterocycles. The fraction of sp³-hybridized carbons (Fsp3) is 0.949. The Balaban J connectivity index is 5.18. The number of unbranched alkanes of at least 4 members (excludes halogenated alkanes) is 53. The van der Waals surface area contributed by atoms with Gasteiger partial charge in [-0.3, -0.25) is 37.3 Å². The van der Waals surface area contributed by atoms with Crippen molar-refractivity contribution < 1.29 is 80.2 Å². The van der Waals surface area contributed by atoms with Gasteiger partial charge in [-0.25, -0.2) is 9.13 Å². The van der Waals surface area contributed by atoms with Crippen LogP contribution >= 0.6 is 15.6 Å². The fourth-order valence-corrected chi connectivity index (χ4v) is 13.7. The molecule has 2 unspecified atom stereocenters. The number of hydrogen-bond donors (Lipinski definition) is 3. The van der Waals surface area contributed by atoms with Gasteiger partial charge in [-0.05, 0) is 25.7 Å². The van der Waals surface area contributed by atoms with Crippen molar-refractivity contribution in [3.63, 3.8) is 0 Å². The summed E-state index contributed by atoms with van der Waals surface area (Å²) in [5.41, 5.74) is 0. The molecule has 0 aromatic rings. The van der Waals surface area contributed by atoms with Crippen LogP contribution in [0.25, 0.3) is 0 Å². The van der Waals surface area contributed by atoms with Crippen LogP contribution in [0.2, 0.25) is 0 Å². The monoisotopic (exact) mass is 1420 g/mol. The van der Waals surface area contributed by atoms with Crippen molar-refractivity contribution in [3.8, 4) is 0 Å². The summed E-state index contributed by atoms with van der Waals surface area (Å²) in [5, 5.41) is 10.6. The van der Waals surface area contributed by atoms with Gasteiger partial charge in [0.15, 0.2) is 12.2 Å². The van der Waals surface area contributed by atoms with E-state index in [0.29, 0.717) is 25.7 Å². The van der Waals surface area contributed by atoms with E-state index >= 15 is 0 Å². The van der Waals surface area contributed by atoms with Crippen LogP contribution in [0.1, 0.15) is 419 Å². The normalized spacial score (nSPS) is 13.8. The Hall–Kier alpha value is -1.94. The number of aliphatic hydroxyl groups excluding tert-OH is 1. The summed E-state index contributed by atoms with van der Waals surface area (Å²) in [5.74, 6) is -2.11. The fourth-order valence-electron chi connectivity index (χ4n) is 12.1. The molecule has 0 aliphatic heterocycles. The van der Waals surface area contributed by atoms with Crippen LogP contribution in [-0.4, -0.2) is 96.7 Å². The SMILES string of the molecule is CCCCCCCCCCCCCCCCCCCCCC(=O)OC[C@H](COP(=O)(O)OC[C@@H](O)COP(=O)(O)OC[C@@H](COC(=O)CCCCCCCCCC)OC(=O)CCCCCCCCCCCCC)OC(=O)CCCCCCCCCCCCCCCCCCCCC. The molecular weight excluding hydrogens is 1270 g/mol. The summed E-state index contributed by atoms with van der Waals surface area (Å²) in [6.45, 7) is 4.97. The van der Waals surface area contributed by atoms with Gasteiger partial charge in [0.2, 0.25) is 0 Å². The van der Waals surface area contributed by atoms with Gasteiger partial charge in [-0.15, -0.1) is 0 Å². The Bertz CT molecular complexity index is 1840. The van der Waals surface area contributed by atoms with Crippen molar-refractivity contribution in [2.24, 2.45) is 0 Å². The minimum Gasteiger partial charge on any atom is -0.462 e. The highest BCUT2D eigenvalue weighted by molar-refractivity contribution is 7.47. The van der Waals surface area contributed by atoms with Gasteiger partial charge >= 0.3 is 39.5 Å². The molecule has 0 radical (unpaired) electrons. The molecule has 0 aliphatic rings. The highest BCUT2D eigenvalue weighted by Gasteiger charge is 2.30. The third kappa shape index (κ3) is 72.2. The highest BCUT2D eigenvalue weighted by atomic mass is 31.2. The predicted octanol–water partition coefficient (Wildman–Crippen LogP) is 23.4. The Morgan fingerprint density at radius 1 is 0.247 bits per heavy atom. The van der Waals surface area contributed by atoms with Crippen molar-refractivity contribution in [1.82, 2.24) is 0 Å². The number of ether oxygens (including phenoxy) is 4. The zero-order valence-corrected chi connectivity index (χ0v) is 64.8. The zero-order valence-electron chi connectivity index (χ0n) is 63.1. The van der Waals surface area contributed by atoms with Crippen LogP contribution in [0, 0.1) is 0 Å². The second-order valence-corrected chi connectivity index (χ2v) is 31.0. The van der Waals surface area contributed by atoms with E-state index < -0.39 is 97.5 Å². The summed E-state index contributed by atoms with van der Waals surface area (Å²) in [6, 6.07) is 0. The second kappa shape index (κ2) is 72.4. The molecule has 3 N–H and O–H groups in total. The first-order valence-corrected chi connectivity index (χ1v) is 43.8. The zero-order chi connectivity index (χ0) is 71.1. The molecule has 0 aliphatic carbocycles. The first kappa shape index (κ1) is 95.1. The summed E-state index contributed by atoms with van der Waals surface area (Å²) >= 11 is 0. The lowest BCUT2D eigenvalue weighted by Crippen LogP contribution is -2.30. The van der Waals surface area contributed by atoms with Gasteiger partial charge in [0.1, 0.15) is 19.3 Å². The van der Waals surface area contributed by atoms with Crippen molar-refractivity contribution in [3.05, 3.63) is 0 Å². The van der Waals surface area contributed by atoms with E-state index in [9.17, 15) is 43.2 Å². The molecule has 19 heteroatoms. The first-order chi connectivity index (χ1) is 47.2. The molecule has 0 amide bonds. The van der Waals surface area contributed by atoms with Gasteiger partial charge in [-0.1, -0.05) is 368 Å². The number of aliphatic hydroxyl groups is 1. The van der Waals surface area contributed by atoms with Crippen molar-refractivity contribution >= 4 is 39.5 Å². The summed E-state index contributed by atoms with van der Waals surface area (Å²) in [4.78, 5) is 72.8. The smallest absolute Gasteiger partial charge is 0.462 e. The number of hydrogen-bond acceptors (Lipinski definition) is 15. The lowest BCUT2D eigenvalue weighted by molar-refractivity contribution is -0.161. The van der Waals surface area contributed by atoms with E-state index in [1.165, 1.54) is 244 Å². The predicted molar refractivity (Wildman–Crippen MR) is 395 cm³/mol. The third-order valence-corrected chi connectivity index (χ3v) is 20.3. The Labute approximate surface area is 594 Å². The second-order valence-electron chi connectivity index (χ2n) is 28.1. The minimum absolute atomic E-state index is 0.107. The van der Waals surface area contributed by atoms with Crippen molar-refractivity contribution in [2.75, 3.05) is 39.6 Å². The van der Waals surface area contributed by atoms with Crippen LogP contribution in [0.5, 0.6) is 0 Å². The van der Waals surface area contributed by atoms with Gasteiger partial charge in [0.25, 0.3) is 0 Å². The first-order valence-electron chi connectivity index (χ1n) is 40.8. The number of phosphoric acid groups is 2. The van der Waals surface area contributed by atoms with Crippen molar-refractivity contribution in [2.45, 2.75) is 438 Å². The number of rotatable bonds is 79. The average Bonchev–Trinajstić information content (AvgIpc) is 1.03. The molecule has 5 atom stereocenters. The Kier molecular flexibility index (Phi) is 71.0. The number of esters is 4. The molecular formula is C78H152O17P2. The molecule has 0 fully saturated rings. The number of phosphoric ester groups is 2. The van der Waals surface area contributed by atoms with Crippen LogP contribution in [-0.2, 0) is 65.4 Å². The molecule has 0 heterocycles. The molecule has 97 heavy (non-hydrogen) atoms. The molecule has 0 rings (SSSR count). The maximum atomic E-state index is 13.1. The van der Waals surface area contributed by atoms with Gasteiger partial charge in [0.05, 0.1) is 26.4 Å². The van der Waals surface area contributed by atoms with Crippen LogP contribution < -0.4 is 0 Å². The number of carbonyl (C=O) groups is 4. The minimum atomic E-state index is -4.96. The van der Waals surface area contributed by atoms with E-state index in [-0.39, 0.29) is 25.7 Å². The lowest BCUT2D eigenvalue weighted by atomic mass is 10.0. The van der Waals surface area contributed by atoms with Crippen LogP contribution in [0.4, 0.5) is 0 Å². The molecule has 0 aromatic heterocycles. The quantitative estimate of drug-likeness (QED) is 0.0222. The van der Waals surface area contributed by atoms with Gasteiger partial charge in [-0.2, -0.15) is 0 Å². The van der Waals surface area contributed by atoms with Gasteiger partial charge < -0.3 is 33.8 Å². The Morgan fingerprint density at radius 3 is 0.608 bits per heavy atom. The number of carbonyl (C=O) groups excluding carboxylic acids is 4. The molecule has 0 saturated carbocycles. The van der Waals surface area contributed by atoms with E-state index in [4.69, 9.17) is 37.0 Å². The van der Waals surface area contributed by atoms with Gasteiger partial charge in [0, 0.05) is 25.7 Å². The lowest BCUT2D eigenvalue weighted by Gasteiger charge is -2.21. The summed E-state index contributed by atoms with van der Waals surface area (Å²) in [6.07, 6.45) is 64.0. The maximum Gasteiger partial charge on any atom is 0.472 e. The van der Waals surface area contributed by atoms with Crippen molar-refractivity contribution in [1.29, 1.82) is 0 Å². The summed E-state index contributed by atoms with van der Waals surface area (Å²) < 4.78 is 68.5. The van der Waals surface area contributed by atoms with E-state index in [2.05, 4.69) is 27.7 Å². The van der Waals surface area contributed by atoms with Crippen LogP contribution in [0.15, 0.2) is 0 Å². The standard InChI is InChI=1S/C78H152O17P2/c1-5-9-13-17-21-25-28-30-32-34-36-38-40-42-45-47-51-55-59-63-76(81)89-69-74(95-78(83)65-61-57-53-49-46-43-41-39-37-35-33-31-29-26-22-18-14-10-6-2)71-93-97(86,87)91-67-72(79)66-90-96(84,85)92-70-73(68-88-75(80)62-58-54-50-24-20-16-12-8-4)94-77(82)64-60-56-52-48-44-27-23-19-15-11-7-3/h72-74,79H,5-71H2,1-4H3,(H,84,85)(H,86,87)/t72-,73+,74+/m0/s1. The van der Waals surface area contributed by atoms with E-state index in [1.54, 1.807) is 0 Å². The molecule has 576 valence electrons. The average molecular weight is 1420 g/mol. The molecule has 0 spiro atoms. The largest absolute Gasteiger partial charge is 0.472 e. The Morgan fingerprint density at radius 2 is 0.412 bits per heavy atom. The summed E-state index contributed by atoms with van der Waals surface area (Å²) in [7, 11) is -9.91. The molecule has 0 bridgehead atoms. The van der Waals surface area contributed by atoms with E-state index in [1.807, 2.05) is 0 Å². The molecule has 17 nitrogen and oxygen atoms in total. The highest BCUT2D eigenvalue weighted by Crippen LogP contribution is 2.45. The maximum absolute atomic E-state index is 13.1. The van der Waals surface area contributed by atoms with Crippen LogP contribution in [0.3, 0.4) is 0 Å². The third-order valence-electron chi connectivity index (χ3n) is 18.4. The van der Waals surface area contributed by atoms with E-state index in [0.717, 1.165) is 96.3 Å². The molecule has 0 aromatic carbocycles.